The Labute approximate surface area is 184 Å². The van der Waals surface area contributed by atoms with E-state index < -0.39 is 5.97 Å². The summed E-state index contributed by atoms with van der Waals surface area (Å²) >= 11 is 0. The molecule has 0 unspecified atom stereocenters. The summed E-state index contributed by atoms with van der Waals surface area (Å²) < 4.78 is 2.30. The molecule has 0 aliphatic heterocycles. The molecule has 1 aliphatic carbocycles. The van der Waals surface area contributed by atoms with Crippen molar-refractivity contribution < 1.29 is 9.90 Å². The van der Waals surface area contributed by atoms with Gasteiger partial charge >= 0.3 is 5.97 Å². The van der Waals surface area contributed by atoms with Crippen molar-refractivity contribution in [1.82, 2.24) is 9.55 Å². The zero-order valence-corrected chi connectivity index (χ0v) is 19.1. The third-order valence-electron chi connectivity index (χ3n) is 6.50. The van der Waals surface area contributed by atoms with Crippen molar-refractivity contribution in [3.8, 4) is 0 Å². The number of aromatic nitrogens is 2. The van der Waals surface area contributed by atoms with E-state index in [0.29, 0.717) is 17.9 Å². The molecule has 1 heterocycles. The Hall–Kier alpha value is -2.82. The second kappa shape index (κ2) is 8.03. The number of carboxylic acid groups (broad SMARTS) is 1. The van der Waals surface area contributed by atoms with Gasteiger partial charge in [-0.25, -0.2) is 9.78 Å². The summed E-state index contributed by atoms with van der Waals surface area (Å²) in [4.78, 5) is 16.3. The second-order valence-corrected chi connectivity index (χ2v) is 10.3. The molecule has 0 radical (unpaired) electrons. The highest BCUT2D eigenvalue weighted by Gasteiger charge is 2.34. The monoisotopic (exact) mass is 419 g/mol. The number of aromatic carboxylic acids is 1. The number of carbonyl (C=O) groups is 1. The van der Waals surface area contributed by atoms with Crippen molar-refractivity contribution in [3.63, 3.8) is 0 Å². The van der Waals surface area contributed by atoms with Crippen LogP contribution in [0.2, 0.25) is 0 Å². The average Bonchev–Trinajstić information content (AvgIpc) is 3.03. The predicted octanol–water partition coefficient (Wildman–Crippen LogP) is 6.99. The van der Waals surface area contributed by atoms with Crippen LogP contribution in [-0.4, -0.2) is 20.6 Å². The first-order chi connectivity index (χ1) is 14.6. The van der Waals surface area contributed by atoms with Crippen LogP contribution in [0.3, 0.4) is 0 Å². The number of nitrogens with zero attached hydrogens (tertiary/aromatic N) is 2. The fraction of sp³-hybridized carbons (Fsp3) is 0.462. The lowest BCUT2D eigenvalue weighted by atomic mass is 9.70. The first-order valence-electron chi connectivity index (χ1n) is 11.3. The van der Waals surface area contributed by atoms with Gasteiger partial charge in [-0.1, -0.05) is 46.8 Å². The van der Waals surface area contributed by atoms with Gasteiger partial charge in [0.05, 0.1) is 16.6 Å². The molecule has 1 saturated carbocycles. The van der Waals surface area contributed by atoms with E-state index in [-0.39, 0.29) is 11.0 Å². The second-order valence-electron chi connectivity index (χ2n) is 10.3. The Morgan fingerprint density at radius 2 is 1.87 bits per heavy atom. The fourth-order valence-corrected chi connectivity index (χ4v) is 5.26. The van der Waals surface area contributed by atoms with Crippen LogP contribution in [0.1, 0.15) is 81.8 Å². The molecular weight excluding hydrogens is 386 g/mol. The van der Waals surface area contributed by atoms with E-state index in [1.807, 2.05) is 6.07 Å². The van der Waals surface area contributed by atoms with Gasteiger partial charge in [0.1, 0.15) is 0 Å². The zero-order valence-electron chi connectivity index (χ0n) is 19.1. The largest absolute Gasteiger partial charge is 0.478 e. The predicted molar refractivity (Wildman–Crippen MR) is 126 cm³/mol. The van der Waals surface area contributed by atoms with E-state index in [4.69, 9.17) is 4.98 Å². The highest BCUT2D eigenvalue weighted by atomic mass is 16.4. The first-order valence-corrected chi connectivity index (χ1v) is 11.3. The Morgan fingerprint density at radius 1 is 1.16 bits per heavy atom. The van der Waals surface area contributed by atoms with Gasteiger partial charge in [-0.2, -0.15) is 0 Å². The lowest BCUT2D eigenvalue weighted by Crippen LogP contribution is -2.29. The van der Waals surface area contributed by atoms with Crippen molar-refractivity contribution in [3.05, 3.63) is 53.6 Å². The van der Waals surface area contributed by atoms with Crippen LogP contribution in [0.5, 0.6) is 0 Å². The van der Waals surface area contributed by atoms with E-state index in [0.717, 1.165) is 35.5 Å². The van der Waals surface area contributed by atoms with Gasteiger partial charge in [0.15, 0.2) is 0 Å². The van der Waals surface area contributed by atoms with Gasteiger partial charge in [-0.05, 0) is 72.4 Å². The molecule has 164 valence electrons. The number of fused-ring (bicyclic) bond motifs is 1. The number of nitrogens with one attached hydrogen (secondary N) is 1. The number of imidazole rings is 1. The Balaban J connectivity index is 1.78. The van der Waals surface area contributed by atoms with Crippen molar-refractivity contribution in [2.45, 2.75) is 65.8 Å². The summed E-state index contributed by atoms with van der Waals surface area (Å²) in [6.07, 6.45) is 3.39. The number of benzene rings is 2. The van der Waals surface area contributed by atoms with Crippen molar-refractivity contribution in [2.75, 3.05) is 5.32 Å². The summed E-state index contributed by atoms with van der Waals surface area (Å²) in [5.74, 6) is 0.967. The van der Waals surface area contributed by atoms with Crippen molar-refractivity contribution in [1.29, 1.82) is 0 Å². The van der Waals surface area contributed by atoms with Crippen LogP contribution in [0.4, 0.5) is 11.6 Å². The van der Waals surface area contributed by atoms with Gasteiger partial charge in [0, 0.05) is 11.7 Å². The molecule has 0 saturated heterocycles. The maximum atomic E-state index is 11.5. The highest BCUT2D eigenvalue weighted by Crippen LogP contribution is 2.46. The standard InChI is InChI=1S/C26H33N3O2/c1-16(2)18-6-9-20(10-7-18)27-25-28-22-13-19(24(30)31)8-11-23(22)29(25)21-12-17(3)14-26(4,5)15-21/h6-11,13,16-17,21H,12,14-15H2,1-5H3,(H,27,28)(H,30,31)/t17-,21+/m0/s1. The molecule has 1 aromatic heterocycles. The van der Waals surface area contributed by atoms with Crippen LogP contribution in [0, 0.1) is 11.3 Å². The van der Waals surface area contributed by atoms with Crippen molar-refractivity contribution in [2.24, 2.45) is 11.3 Å². The topological polar surface area (TPSA) is 67.2 Å². The highest BCUT2D eigenvalue weighted by molar-refractivity contribution is 5.93. The minimum Gasteiger partial charge on any atom is -0.478 e. The SMILES string of the molecule is CC(C)c1ccc(Nc2nc3cc(C(=O)O)ccc3n2[C@@H]2C[C@H](C)CC(C)(C)C2)cc1. The number of rotatable bonds is 5. The molecule has 31 heavy (non-hydrogen) atoms. The van der Waals surface area contributed by atoms with Gasteiger partial charge < -0.3 is 15.0 Å². The van der Waals surface area contributed by atoms with Crippen molar-refractivity contribution >= 4 is 28.6 Å². The van der Waals surface area contributed by atoms with E-state index in [1.165, 1.54) is 12.0 Å². The quantitative estimate of drug-likeness (QED) is 0.468. The van der Waals surface area contributed by atoms with E-state index in [1.54, 1.807) is 12.1 Å². The molecule has 2 N–H and O–H groups in total. The number of hydrogen-bond acceptors (Lipinski definition) is 3. The third kappa shape index (κ3) is 4.46. The summed E-state index contributed by atoms with van der Waals surface area (Å²) in [7, 11) is 0. The molecule has 0 amide bonds. The fourth-order valence-electron chi connectivity index (χ4n) is 5.26. The molecule has 5 heteroatoms. The molecule has 1 aliphatic rings. The molecule has 1 fully saturated rings. The Kier molecular flexibility index (Phi) is 5.54. The lowest BCUT2D eigenvalue weighted by Gasteiger charge is -2.40. The Morgan fingerprint density at radius 3 is 2.48 bits per heavy atom. The van der Waals surface area contributed by atoms with Crippen LogP contribution in [-0.2, 0) is 0 Å². The molecule has 0 spiro atoms. The molecule has 3 aromatic rings. The summed E-state index contributed by atoms with van der Waals surface area (Å²) in [5, 5.41) is 12.9. The minimum absolute atomic E-state index is 0.260. The molecule has 2 atom stereocenters. The van der Waals surface area contributed by atoms with Gasteiger partial charge in [-0.15, -0.1) is 0 Å². The number of hydrogen-bond donors (Lipinski definition) is 2. The average molecular weight is 420 g/mol. The summed E-state index contributed by atoms with van der Waals surface area (Å²) in [5.41, 5.74) is 4.52. The first kappa shape index (κ1) is 21.4. The van der Waals surface area contributed by atoms with E-state index in [9.17, 15) is 9.90 Å². The van der Waals surface area contributed by atoms with E-state index in [2.05, 4.69) is 68.8 Å². The van der Waals surface area contributed by atoms with E-state index >= 15 is 0 Å². The zero-order chi connectivity index (χ0) is 22.3. The molecule has 0 bridgehead atoms. The van der Waals surface area contributed by atoms with Crippen LogP contribution >= 0.6 is 0 Å². The smallest absolute Gasteiger partial charge is 0.335 e. The number of anilines is 2. The molecule has 5 nitrogen and oxygen atoms in total. The molecule has 2 aromatic carbocycles. The normalized spacial score (nSPS) is 20.8. The Bertz CT molecular complexity index is 1100. The van der Waals surface area contributed by atoms with Crippen LogP contribution in [0.15, 0.2) is 42.5 Å². The summed E-state index contributed by atoms with van der Waals surface area (Å²) in [6.45, 7) is 11.4. The maximum absolute atomic E-state index is 11.5. The maximum Gasteiger partial charge on any atom is 0.335 e. The van der Waals surface area contributed by atoms with Gasteiger partial charge in [0.2, 0.25) is 5.95 Å². The van der Waals surface area contributed by atoms with Crippen LogP contribution < -0.4 is 5.32 Å². The number of carboxylic acids is 1. The van der Waals surface area contributed by atoms with Gasteiger partial charge in [0.25, 0.3) is 0 Å². The molecular formula is C26H33N3O2. The van der Waals surface area contributed by atoms with Gasteiger partial charge in [-0.3, -0.25) is 0 Å². The van der Waals surface area contributed by atoms with Crippen LogP contribution in [0.25, 0.3) is 11.0 Å². The minimum atomic E-state index is -0.928. The third-order valence-corrected chi connectivity index (χ3v) is 6.50. The lowest BCUT2D eigenvalue weighted by molar-refractivity contribution is 0.0697. The molecule has 4 rings (SSSR count). The summed E-state index contributed by atoms with van der Waals surface area (Å²) in [6, 6.07) is 14.1.